The third-order valence-corrected chi connectivity index (χ3v) is 1.94. The summed E-state index contributed by atoms with van der Waals surface area (Å²) in [7, 11) is 0. The van der Waals surface area contributed by atoms with Crippen molar-refractivity contribution >= 4 is 24.0 Å². The van der Waals surface area contributed by atoms with Crippen molar-refractivity contribution in [2.45, 2.75) is 13.3 Å². The number of aromatic nitrogens is 1. The van der Waals surface area contributed by atoms with Crippen LogP contribution in [0.5, 0.6) is 0 Å². The van der Waals surface area contributed by atoms with Crippen molar-refractivity contribution < 1.29 is 18.9 Å². The fourth-order valence-electron chi connectivity index (χ4n) is 1.13. The Morgan fingerprint density at radius 3 is 2.78 bits per heavy atom. The molecule has 1 aromatic heterocycles. The summed E-state index contributed by atoms with van der Waals surface area (Å²) < 4.78 is 4.73. The minimum atomic E-state index is -0.813. The predicted molar refractivity (Wildman–Crippen MR) is 61.6 cm³/mol. The summed E-state index contributed by atoms with van der Waals surface area (Å²) in [5.41, 5.74) is 0. The maximum Gasteiger partial charge on any atom is 0.314 e. The summed E-state index contributed by atoms with van der Waals surface area (Å²) in [6, 6.07) is 1.50. The first-order valence-electron chi connectivity index (χ1n) is 5.33. The molecule has 8 heteroatoms. The van der Waals surface area contributed by atoms with Crippen LogP contribution in [0.1, 0.15) is 12.2 Å². The minimum absolute atomic E-state index is 0.190. The summed E-state index contributed by atoms with van der Waals surface area (Å²) in [6.07, 6.45) is 1.11. The fourth-order valence-corrected chi connectivity index (χ4v) is 1.13. The number of nitrogens with one attached hydrogen (secondary N) is 3. The van der Waals surface area contributed by atoms with E-state index in [9.17, 15) is 14.4 Å². The van der Waals surface area contributed by atoms with Gasteiger partial charge < -0.3 is 15.2 Å². The molecule has 0 bridgehead atoms. The van der Waals surface area contributed by atoms with Gasteiger partial charge in [0.25, 0.3) is 0 Å². The van der Waals surface area contributed by atoms with Crippen molar-refractivity contribution in [3.63, 3.8) is 0 Å². The Morgan fingerprint density at radius 2 is 2.17 bits per heavy atom. The topological polar surface area (TPSA) is 113 Å². The maximum absolute atomic E-state index is 11.4. The van der Waals surface area contributed by atoms with Gasteiger partial charge in [0.15, 0.2) is 5.82 Å². The van der Waals surface area contributed by atoms with E-state index in [2.05, 4.69) is 21.1 Å². The molecule has 0 unspecified atom stereocenters. The summed E-state index contributed by atoms with van der Waals surface area (Å²) in [5.74, 6) is -0.852. The Balaban J connectivity index is 2.24. The van der Waals surface area contributed by atoms with Crippen molar-refractivity contribution in [3.05, 3.63) is 11.8 Å². The summed E-state index contributed by atoms with van der Waals surface area (Å²) in [4.78, 5) is 32.6. The lowest BCUT2D eigenvalue weighted by Gasteiger charge is -2.03. The second-order valence-electron chi connectivity index (χ2n) is 3.46. The molecule has 0 radical (unpaired) electrons. The van der Waals surface area contributed by atoms with Gasteiger partial charge in [-0.2, -0.15) is 0 Å². The number of amides is 3. The monoisotopic (exact) mass is 254 g/mol. The molecule has 1 rings (SSSR count). The Bertz CT molecular complexity index is 429. The predicted octanol–water partition coefficient (Wildman–Crippen LogP) is -0.826. The number of aryl methyl sites for hydroxylation is 1. The molecule has 0 fully saturated rings. The normalized spacial score (nSPS) is 9.61. The van der Waals surface area contributed by atoms with E-state index >= 15 is 0 Å². The van der Waals surface area contributed by atoms with E-state index in [1.54, 1.807) is 6.92 Å². The minimum Gasteiger partial charge on any atom is -0.360 e. The zero-order chi connectivity index (χ0) is 13.4. The van der Waals surface area contributed by atoms with Crippen molar-refractivity contribution in [3.8, 4) is 0 Å². The van der Waals surface area contributed by atoms with Crippen molar-refractivity contribution in [2.24, 2.45) is 0 Å². The van der Waals surface area contributed by atoms with Crippen LogP contribution in [0.25, 0.3) is 0 Å². The van der Waals surface area contributed by atoms with Gasteiger partial charge >= 0.3 is 11.8 Å². The van der Waals surface area contributed by atoms with Gasteiger partial charge in [0, 0.05) is 19.2 Å². The van der Waals surface area contributed by atoms with Gasteiger partial charge in [-0.15, -0.1) is 0 Å². The highest BCUT2D eigenvalue weighted by Crippen LogP contribution is 2.06. The van der Waals surface area contributed by atoms with E-state index in [0.29, 0.717) is 31.7 Å². The smallest absolute Gasteiger partial charge is 0.314 e. The van der Waals surface area contributed by atoms with Gasteiger partial charge in [0.1, 0.15) is 5.76 Å². The van der Waals surface area contributed by atoms with Crippen LogP contribution in [0.3, 0.4) is 0 Å². The molecular weight excluding hydrogens is 240 g/mol. The molecule has 0 aliphatic heterocycles. The van der Waals surface area contributed by atoms with E-state index < -0.39 is 11.8 Å². The number of rotatable bonds is 6. The molecular formula is C10H14N4O4. The number of hydrogen-bond acceptors (Lipinski definition) is 5. The highest BCUT2D eigenvalue weighted by atomic mass is 16.5. The van der Waals surface area contributed by atoms with Gasteiger partial charge in [-0.3, -0.25) is 19.7 Å². The van der Waals surface area contributed by atoms with Crippen LogP contribution in [-0.2, 0) is 14.4 Å². The van der Waals surface area contributed by atoms with Crippen LogP contribution in [0.4, 0.5) is 5.82 Å². The Labute approximate surface area is 103 Å². The van der Waals surface area contributed by atoms with E-state index in [1.165, 1.54) is 6.07 Å². The molecule has 0 spiro atoms. The van der Waals surface area contributed by atoms with Crippen LogP contribution >= 0.6 is 0 Å². The molecule has 98 valence electrons. The van der Waals surface area contributed by atoms with Crippen molar-refractivity contribution in [1.82, 2.24) is 15.8 Å². The maximum atomic E-state index is 11.4. The lowest BCUT2D eigenvalue weighted by atomic mass is 10.4. The first kappa shape index (κ1) is 13.7. The molecule has 0 aliphatic carbocycles. The molecule has 3 amide bonds. The zero-order valence-electron chi connectivity index (χ0n) is 9.86. The van der Waals surface area contributed by atoms with Gasteiger partial charge in [-0.1, -0.05) is 5.16 Å². The molecule has 3 N–H and O–H groups in total. The Hall–Kier alpha value is -2.38. The Kier molecular flexibility index (Phi) is 5.36. The van der Waals surface area contributed by atoms with Crippen molar-refractivity contribution in [2.75, 3.05) is 18.4 Å². The molecule has 18 heavy (non-hydrogen) atoms. The van der Waals surface area contributed by atoms with E-state index in [1.807, 2.05) is 0 Å². The molecule has 0 atom stereocenters. The van der Waals surface area contributed by atoms with Crippen molar-refractivity contribution in [1.29, 1.82) is 0 Å². The molecule has 1 heterocycles. The largest absolute Gasteiger partial charge is 0.360 e. The first-order valence-corrected chi connectivity index (χ1v) is 5.33. The average molecular weight is 254 g/mol. The Morgan fingerprint density at radius 1 is 1.39 bits per heavy atom. The van der Waals surface area contributed by atoms with Gasteiger partial charge in [0.2, 0.25) is 6.41 Å². The van der Waals surface area contributed by atoms with Gasteiger partial charge in [0.05, 0.1) is 0 Å². The highest BCUT2D eigenvalue weighted by Gasteiger charge is 2.14. The zero-order valence-corrected chi connectivity index (χ0v) is 9.86. The number of carbonyl (C=O) groups excluding carboxylic acids is 3. The SMILES string of the molecule is Cc1cc(NC(=O)C(=O)NCCCNC=O)no1. The third kappa shape index (κ3) is 4.64. The molecule has 0 aromatic carbocycles. The van der Waals surface area contributed by atoms with Gasteiger partial charge in [-0.25, -0.2) is 0 Å². The molecule has 0 saturated heterocycles. The molecule has 8 nitrogen and oxygen atoms in total. The summed E-state index contributed by atoms with van der Waals surface area (Å²) >= 11 is 0. The third-order valence-electron chi connectivity index (χ3n) is 1.94. The first-order chi connectivity index (χ1) is 8.63. The van der Waals surface area contributed by atoms with Gasteiger partial charge in [-0.05, 0) is 13.3 Å². The second-order valence-corrected chi connectivity index (χ2v) is 3.46. The van der Waals surface area contributed by atoms with Crippen LogP contribution in [-0.4, -0.2) is 36.5 Å². The highest BCUT2D eigenvalue weighted by molar-refractivity contribution is 6.39. The van der Waals surface area contributed by atoms with E-state index in [0.717, 1.165) is 0 Å². The average Bonchev–Trinajstić information content (AvgIpc) is 2.74. The van der Waals surface area contributed by atoms with E-state index in [4.69, 9.17) is 4.52 Å². The summed E-state index contributed by atoms with van der Waals surface area (Å²) in [6.45, 7) is 2.40. The number of carbonyl (C=O) groups is 3. The number of hydrogen-bond donors (Lipinski definition) is 3. The summed E-state index contributed by atoms with van der Waals surface area (Å²) in [5, 5.41) is 10.7. The quantitative estimate of drug-likeness (QED) is 0.348. The molecule has 1 aromatic rings. The molecule has 0 aliphatic rings. The number of anilines is 1. The lowest BCUT2D eigenvalue weighted by molar-refractivity contribution is -0.136. The number of nitrogens with zero attached hydrogens (tertiary/aromatic N) is 1. The van der Waals surface area contributed by atoms with E-state index in [-0.39, 0.29) is 5.82 Å². The van der Waals surface area contributed by atoms with Crippen LogP contribution < -0.4 is 16.0 Å². The van der Waals surface area contributed by atoms with Crippen LogP contribution in [0.2, 0.25) is 0 Å². The fraction of sp³-hybridized carbons (Fsp3) is 0.400. The molecule has 0 saturated carbocycles. The van der Waals surface area contributed by atoms with Crippen LogP contribution in [0, 0.1) is 6.92 Å². The second kappa shape index (κ2) is 7.05. The van der Waals surface area contributed by atoms with Crippen LogP contribution in [0.15, 0.2) is 10.6 Å². The lowest BCUT2D eigenvalue weighted by Crippen LogP contribution is -2.36. The standard InChI is InChI=1S/C10H14N4O4/c1-7-5-8(14-18-7)13-10(17)9(16)12-4-2-3-11-6-15/h5-6H,2-4H2,1H3,(H,11,15)(H,12,16)(H,13,14,17).